The first-order valence-corrected chi connectivity index (χ1v) is 10.1. The maximum absolute atomic E-state index is 12.6. The van der Waals surface area contributed by atoms with Gasteiger partial charge in [0.25, 0.3) is 11.5 Å². The topological polar surface area (TPSA) is 108 Å². The molecular formula is C23H28N3O4+. The van der Waals surface area contributed by atoms with E-state index in [0.29, 0.717) is 35.6 Å². The number of rotatable bonds is 9. The molecule has 0 radical (unpaired) electrons. The Morgan fingerprint density at radius 1 is 1.13 bits per heavy atom. The van der Waals surface area contributed by atoms with Crippen LogP contribution >= 0.6 is 0 Å². The average Bonchev–Trinajstić information content (AvgIpc) is 2.75. The lowest BCUT2D eigenvalue weighted by atomic mass is 10.1. The fraction of sp³-hybridized carbons (Fsp3) is 0.304. The third-order valence-electron chi connectivity index (χ3n) is 4.87. The Hall–Kier alpha value is -3.32. The number of carbonyl (C=O) groups excluding carboxylic acids is 1. The number of amides is 1. The van der Waals surface area contributed by atoms with Crippen molar-refractivity contribution < 1.29 is 20.0 Å². The summed E-state index contributed by atoms with van der Waals surface area (Å²) < 4.78 is 11.3. The fourth-order valence-electron chi connectivity index (χ4n) is 3.16. The van der Waals surface area contributed by atoms with E-state index in [1.807, 2.05) is 24.3 Å². The predicted octanol–water partition coefficient (Wildman–Crippen LogP) is 2.91. The molecule has 0 unspecified atom stereocenters. The molecular weight excluding hydrogens is 382 g/mol. The zero-order chi connectivity index (χ0) is 21.5. The van der Waals surface area contributed by atoms with E-state index >= 15 is 0 Å². The molecule has 0 fully saturated rings. The molecule has 0 aliphatic carbocycles. The Labute approximate surface area is 175 Å². The number of quaternary nitrogens is 1. The van der Waals surface area contributed by atoms with Crippen molar-refractivity contribution in [1.29, 1.82) is 0 Å². The quantitative estimate of drug-likeness (QED) is 0.471. The van der Waals surface area contributed by atoms with Gasteiger partial charge in [-0.05, 0) is 42.3 Å². The largest absolute Gasteiger partial charge is 0.493 e. The summed E-state index contributed by atoms with van der Waals surface area (Å²) in [6, 6.07) is 12.7. The summed E-state index contributed by atoms with van der Waals surface area (Å²) in [5, 5.41) is 3.49. The third kappa shape index (κ3) is 4.99. The summed E-state index contributed by atoms with van der Waals surface area (Å²) in [6.45, 7) is 2.98. The van der Waals surface area contributed by atoms with E-state index in [-0.39, 0.29) is 5.56 Å². The number of carbonyl (C=O) groups is 1. The van der Waals surface area contributed by atoms with Gasteiger partial charge < -0.3 is 25.5 Å². The molecule has 0 saturated heterocycles. The van der Waals surface area contributed by atoms with Crippen LogP contribution in [0, 0.1) is 0 Å². The molecule has 0 aliphatic heterocycles. The first-order valence-electron chi connectivity index (χ1n) is 10.1. The first kappa shape index (κ1) is 21.4. The summed E-state index contributed by atoms with van der Waals surface area (Å²) in [4.78, 5) is 28.0. The lowest BCUT2D eigenvalue weighted by Crippen LogP contribution is -2.39. The number of nitrogens with one attached hydrogen (secondary N) is 2. The molecule has 0 spiro atoms. The van der Waals surface area contributed by atoms with Crippen molar-refractivity contribution in [3.63, 3.8) is 0 Å². The lowest BCUT2D eigenvalue weighted by molar-refractivity contribution is -0.254. The van der Waals surface area contributed by atoms with Crippen LogP contribution in [0.1, 0.15) is 42.1 Å². The number of ether oxygens (including phenoxy) is 2. The Morgan fingerprint density at radius 2 is 1.90 bits per heavy atom. The number of unbranched alkanes of at least 4 members (excludes halogenated alkanes) is 2. The van der Waals surface area contributed by atoms with Gasteiger partial charge >= 0.3 is 0 Å². The maximum Gasteiger partial charge on any atom is 0.261 e. The minimum absolute atomic E-state index is 0.0541. The normalized spacial score (nSPS) is 10.8. The van der Waals surface area contributed by atoms with E-state index < -0.39 is 11.5 Å². The number of methoxy groups -OCH3 is 1. The molecule has 1 amide bonds. The highest BCUT2D eigenvalue weighted by Gasteiger charge is 2.16. The molecule has 1 aromatic heterocycles. The van der Waals surface area contributed by atoms with Crippen LogP contribution < -0.4 is 26.1 Å². The monoisotopic (exact) mass is 410 g/mol. The van der Waals surface area contributed by atoms with Crippen molar-refractivity contribution in [2.45, 2.75) is 32.7 Å². The molecule has 3 aromatic rings. The number of pyridine rings is 1. The summed E-state index contributed by atoms with van der Waals surface area (Å²) >= 11 is 0. The minimum atomic E-state index is -0.472. The second kappa shape index (κ2) is 9.93. The third-order valence-corrected chi connectivity index (χ3v) is 4.87. The van der Waals surface area contributed by atoms with Gasteiger partial charge in [-0.3, -0.25) is 9.59 Å². The molecule has 7 heteroatoms. The van der Waals surface area contributed by atoms with Gasteiger partial charge in [0.1, 0.15) is 11.3 Å². The van der Waals surface area contributed by atoms with Gasteiger partial charge in [0.15, 0.2) is 11.5 Å². The molecule has 0 saturated carbocycles. The van der Waals surface area contributed by atoms with Crippen molar-refractivity contribution in [3.05, 3.63) is 63.9 Å². The van der Waals surface area contributed by atoms with Gasteiger partial charge in [-0.15, -0.1) is 0 Å². The zero-order valence-electron chi connectivity index (χ0n) is 17.4. The van der Waals surface area contributed by atoms with Crippen molar-refractivity contribution in [1.82, 2.24) is 10.3 Å². The second-order valence-corrected chi connectivity index (χ2v) is 7.13. The van der Waals surface area contributed by atoms with E-state index in [4.69, 9.17) is 9.47 Å². The van der Waals surface area contributed by atoms with Gasteiger partial charge in [0.05, 0.1) is 19.2 Å². The smallest absolute Gasteiger partial charge is 0.261 e. The molecule has 3 rings (SSSR count). The van der Waals surface area contributed by atoms with Crippen molar-refractivity contribution in [2.24, 2.45) is 0 Å². The summed E-state index contributed by atoms with van der Waals surface area (Å²) in [5.41, 5.74) is 5.78. The SMILES string of the molecule is CCCCCOc1c(OC)ccc2cc(C(=O)NCc3ccc([NH3+])cc3)c(=O)[nH]c12. The van der Waals surface area contributed by atoms with Crippen LogP contribution in [0.5, 0.6) is 11.5 Å². The van der Waals surface area contributed by atoms with E-state index in [2.05, 4.69) is 23.0 Å². The van der Waals surface area contributed by atoms with Crippen molar-refractivity contribution in [3.8, 4) is 11.5 Å². The highest BCUT2D eigenvalue weighted by molar-refractivity contribution is 5.98. The van der Waals surface area contributed by atoms with E-state index in [1.54, 1.807) is 25.3 Å². The van der Waals surface area contributed by atoms with Crippen LogP contribution in [-0.4, -0.2) is 24.6 Å². The number of hydrogen-bond donors (Lipinski definition) is 3. The number of aromatic amines is 1. The summed E-state index contributed by atoms with van der Waals surface area (Å²) in [6.07, 6.45) is 3.06. The number of hydrogen-bond acceptors (Lipinski definition) is 4. The maximum atomic E-state index is 12.6. The molecule has 0 bridgehead atoms. The van der Waals surface area contributed by atoms with Gasteiger partial charge in [-0.25, -0.2) is 0 Å². The van der Waals surface area contributed by atoms with E-state index in [1.165, 1.54) is 0 Å². The molecule has 1 heterocycles. The molecule has 158 valence electrons. The van der Waals surface area contributed by atoms with Crippen LogP contribution in [0.2, 0.25) is 0 Å². The Kier molecular flexibility index (Phi) is 7.08. The highest BCUT2D eigenvalue weighted by Crippen LogP contribution is 2.34. The van der Waals surface area contributed by atoms with Crippen molar-refractivity contribution >= 4 is 22.5 Å². The average molecular weight is 410 g/mol. The van der Waals surface area contributed by atoms with Crippen LogP contribution in [0.15, 0.2) is 47.3 Å². The number of aromatic nitrogens is 1. The van der Waals surface area contributed by atoms with Crippen LogP contribution in [-0.2, 0) is 6.54 Å². The summed E-state index contributed by atoms with van der Waals surface area (Å²) in [7, 11) is 1.56. The van der Waals surface area contributed by atoms with Crippen LogP contribution in [0.4, 0.5) is 5.69 Å². The standard InChI is InChI=1S/C23H27N3O4/c1-3-4-5-12-30-21-19(29-2)11-8-16-13-18(23(28)26-20(16)21)22(27)25-14-15-6-9-17(24)10-7-15/h6-11,13H,3-5,12,14,24H2,1-2H3,(H,25,27)(H,26,28)/p+1. The van der Waals surface area contributed by atoms with Crippen molar-refractivity contribution in [2.75, 3.05) is 13.7 Å². The Bertz CT molecular complexity index is 1070. The molecule has 30 heavy (non-hydrogen) atoms. The van der Waals surface area contributed by atoms with E-state index in [9.17, 15) is 9.59 Å². The zero-order valence-corrected chi connectivity index (χ0v) is 17.4. The molecule has 7 nitrogen and oxygen atoms in total. The molecule has 2 aromatic carbocycles. The molecule has 0 atom stereocenters. The van der Waals surface area contributed by atoms with Gasteiger partial charge in [0.2, 0.25) is 0 Å². The Balaban J connectivity index is 1.84. The van der Waals surface area contributed by atoms with Gasteiger partial charge in [0, 0.05) is 11.9 Å². The number of benzene rings is 2. The van der Waals surface area contributed by atoms with Gasteiger partial charge in [-0.2, -0.15) is 0 Å². The second-order valence-electron chi connectivity index (χ2n) is 7.13. The van der Waals surface area contributed by atoms with Gasteiger partial charge in [-0.1, -0.05) is 31.9 Å². The van der Waals surface area contributed by atoms with Crippen LogP contribution in [0.3, 0.4) is 0 Å². The number of H-pyrrole nitrogens is 1. The predicted molar refractivity (Wildman–Crippen MR) is 116 cm³/mol. The number of fused-ring (bicyclic) bond motifs is 1. The summed E-state index contributed by atoms with van der Waals surface area (Å²) in [5.74, 6) is 0.599. The Morgan fingerprint density at radius 3 is 2.60 bits per heavy atom. The molecule has 0 aliphatic rings. The minimum Gasteiger partial charge on any atom is -0.493 e. The van der Waals surface area contributed by atoms with Crippen LogP contribution in [0.25, 0.3) is 10.9 Å². The lowest BCUT2D eigenvalue weighted by Gasteiger charge is -2.14. The molecule has 5 N–H and O–H groups in total. The fourth-order valence-corrected chi connectivity index (χ4v) is 3.16. The highest BCUT2D eigenvalue weighted by atomic mass is 16.5. The van der Waals surface area contributed by atoms with E-state index in [0.717, 1.165) is 30.5 Å². The first-order chi connectivity index (χ1) is 14.5.